The Balaban J connectivity index is 3.17. The summed E-state index contributed by atoms with van der Waals surface area (Å²) in [6.07, 6.45) is 1.62. The molecule has 0 radical (unpaired) electrons. The van der Waals surface area contributed by atoms with Gasteiger partial charge in [-0.3, -0.25) is 4.79 Å². The maximum absolute atomic E-state index is 14.0. The highest BCUT2D eigenvalue weighted by atomic mass is 35.7. The number of aryl methyl sites for hydroxylation is 1. The van der Waals surface area contributed by atoms with Crippen LogP contribution in [0.3, 0.4) is 0 Å². The Morgan fingerprint density at radius 1 is 1.45 bits per heavy atom. The second kappa shape index (κ2) is 6.54. The van der Waals surface area contributed by atoms with Gasteiger partial charge in [-0.2, -0.15) is 0 Å². The Bertz CT molecular complexity index is 616. The highest BCUT2D eigenvalue weighted by molar-refractivity contribution is 8.13. The molecule has 1 unspecified atom stereocenters. The zero-order valence-electron chi connectivity index (χ0n) is 11.5. The number of benzene rings is 1. The van der Waals surface area contributed by atoms with Crippen molar-refractivity contribution in [3.8, 4) is 0 Å². The van der Waals surface area contributed by atoms with Crippen LogP contribution in [-0.2, 0) is 9.05 Å². The van der Waals surface area contributed by atoms with Crippen molar-refractivity contribution in [1.82, 2.24) is 5.32 Å². The van der Waals surface area contributed by atoms with Gasteiger partial charge in [0.15, 0.2) is 0 Å². The molecule has 0 spiro atoms. The minimum absolute atomic E-state index is 0.0556. The molecule has 0 fully saturated rings. The van der Waals surface area contributed by atoms with Gasteiger partial charge in [0.05, 0.1) is 10.5 Å². The topological polar surface area (TPSA) is 63.2 Å². The van der Waals surface area contributed by atoms with Crippen LogP contribution in [0.2, 0.25) is 0 Å². The van der Waals surface area contributed by atoms with E-state index in [9.17, 15) is 17.6 Å². The number of amides is 1. The van der Waals surface area contributed by atoms with Gasteiger partial charge in [-0.15, -0.1) is 0 Å². The molecule has 0 aliphatic carbocycles. The molecule has 0 aliphatic rings. The van der Waals surface area contributed by atoms with Gasteiger partial charge in [-0.25, -0.2) is 12.8 Å². The molecule has 0 heterocycles. The molecule has 1 atom stereocenters. The molecule has 1 N–H and O–H groups in total. The number of nitrogens with one attached hydrogen (secondary N) is 1. The number of rotatable bonds is 5. The van der Waals surface area contributed by atoms with Gasteiger partial charge in [0.1, 0.15) is 5.82 Å². The van der Waals surface area contributed by atoms with E-state index in [4.69, 9.17) is 10.7 Å². The van der Waals surface area contributed by atoms with Crippen molar-refractivity contribution >= 4 is 25.6 Å². The molecule has 112 valence electrons. The molecule has 0 bridgehead atoms. The van der Waals surface area contributed by atoms with Gasteiger partial charge in [0, 0.05) is 16.7 Å². The molecule has 1 rings (SSSR count). The fraction of sp³-hybridized carbons (Fsp3) is 0.462. The Kier molecular flexibility index (Phi) is 5.53. The van der Waals surface area contributed by atoms with Gasteiger partial charge >= 0.3 is 0 Å². The van der Waals surface area contributed by atoms with Gasteiger partial charge in [-0.1, -0.05) is 13.3 Å². The first-order chi connectivity index (χ1) is 9.16. The van der Waals surface area contributed by atoms with Crippen LogP contribution in [0.4, 0.5) is 4.39 Å². The third-order valence-electron chi connectivity index (χ3n) is 2.85. The van der Waals surface area contributed by atoms with E-state index in [1.54, 1.807) is 6.92 Å². The van der Waals surface area contributed by atoms with Crippen LogP contribution in [0.5, 0.6) is 0 Å². The van der Waals surface area contributed by atoms with Crippen LogP contribution < -0.4 is 5.32 Å². The number of carbonyl (C=O) groups excluding carboxylic acids is 1. The smallest absolute Gasteiger partial charge is 0.261 e. The summed E-state index contributed by atoms with van der Waals surface area (Å²) < 4.78 is 36.6. The van der Waals surface area contributed by atoms with Crippen molar-refractivity contribution in [2.75, 3.05) is 0 Å². The SMILES string of the molecule is CCCC(C)NC(=O)c1cc(S(=O)(=O)Cl)cc(C)c1F. The molecule has 20 heavy (non-hydrogen) atoms. The first-order valence-corrected chi connectivity index (χ1v) is 8.53. The van der Waals surface area contributed by atoms with Crippen molar-refractivity contribution in [3.05, 3.63) is 29.1 Å². The first-order valence-electron chi connectivity index (χ1n) is 6.22. The van der Waals surface area contributed by atoms with Crippen molar-refractivity contribution in [2.45, 2.75) is 44.6 Å². The maximum Gasteiger partial charge on any atom is 0.261 e. The minimum atomic E-state index is -4.01. The number of halogens is 2. The number of carbonyl (C=O) groups is 1. The average Bonchev–Trinajstić information content (AvgIpc) is 2.31. The lowest BCUT2D eigenvalue weighted by atomic mass is 10.1. The quantitative estimate of drug-likeness (QED) is 0.848. The summed E-state index contributed by atoms with van der Waals surface area (Å²) in [5, 5.41) is 2.63. The molecule has 0 aliphatic heterocycles. The van der Waals surface area contributed by atoms with Crippen LogP contribution in [0.1, 0.15) is 42.6 Å². The van der Waals surface area contributed by atoms with Gasteiger partial charge in [-0.05, 0) is 38.0 Å². The lowest BCUT2D eigenvalue weighted by Crippen LogP contribution is -2.33. The highest BCUT2D eigenvalue weighted by Crippen LogP contribution is 2.22. The summed E-state index contributed by atoms with van der Waals surface area (Å²) in [7, 11) is 1.22. The molecular weight excluding hydrogens is 305 g/mol. The predicted molar refractivity (Wildman–Crippen MR) is 76.0 cm³/mol. The van der Waals surface area contributed by atoms with E-state index >= 15 is 0 Å². The van der Waals surface area contributed by atoms with Gasteiger partial charge < -0.3 is 5.32 Å². The van der Waals surface area contributed by atoms with E-state index in [2.05, 4.69) is 5.32 Å². The summed E-state index contributed by atoms with van der Waals surface area (Å²) in [5.41, 5.74) is -0.257. The summed E-state index contributed by atoms with van der Waals surface area (Å²) >= 11 is 0. The fourth-order valence-corrected chi connectivity index (χ4v) is 2.69. The van der Waals surface area contributed by atoms with Crippen molar-refractivity contribution in [2.24, 2.45) is 0 Å². The van der Waals surface area contributed by atoms with Crippen molar-refractivity contribution in [1.29, 1.82) is 0 Å². The molecule has 1 aromatic rings. The average molecular weight is 322 g/mol. The van der Waals surface area contributed by atoms with Crippen LogP contribution in [-0.4, -0.2) is 20.4 Å². The van der Waals surface area contributed by atoms with Gasteiger partial charge in [0.25, 0.3) is 15.0 Å². The molecule has 1 amide bonds. The molecule has 7 heteroatoms. The Morgan fingerprint density at radius 3 is 2.55 bits per heavy atom. The zero-order valence-corrected chi connectivity index (χ0v) is 13.1. The second-order valence-electron chi connectivity index (χ2n) is 4.70. The Hall–Kier alpha value is -1.14. The minimum Gasteiger partial charge on any atom is -0.349 e. The Morgan fingerprint density at radius 2 is 2.05 bits per heavy atom. The van der Waals surface area contributed by atoms with Crippen molar-refractivity contribution in [3.63, 3.8) is 0 Å². The van der Waals surface area contributed by atoms with Crippen LogP contribution in [0.25, 0.3) is 0 Å². The summed E-state index contributed by atoms with van der Waals surface area (Å²) in [4.78, 5) is 11.7. The molecule has 0 aromatic heterocycles. The fourth-order valence-electron chi connectivity index (χ4n) is 1.85. The maximum atomic E-state index is 14.0. The lowest BCUT2D eigenvalue weighted by Gasteiger charge is -2.14. The number of hydrogen-bond donors (Lipinski definition) is 1. The third kappa shape index (κ3) is 4.18. The van der Waals surface area contributed by atoms with E-state index in [-0.39, 0.29) is 22.1 Å². The molecule has 0 saturated heterocycles. The van der Waals surface area contributed by atoms with E-state index in [1.165, 1.54) is 6.92 Å². The van der Waals surface area contributed by atoms with E-state index in [0.717, 1.165) is 25.0 Å². The van der Waals surface area contributed by atoms with Crippen molar-refractivity contribution < 1.29 is 17.6 Å². The molecule has 1 aromatic carbocycles. The second-order valence-corrected chi connectivity index (χ2v) is 7.27. The number of hydrogen-bond acceptors (Lipinski definition) is 3. The largest absolute Gasteiger partial charge is 0.349 e. The predicted octanol–water partition coefficient (Wildman–Crippen LogP) is 2.98. The van der Waals surface area contributed by atoms with Crippen LogP contribution in [0.15, 0.2) is 17.0 Å². The van der Waals surface area contributed by atoms with E-state index in [1.807, 2.05) is 6.92 Å². The first kappa shape index (κ1) is 16.9. The monoisotopic (exact) mass is 321 g/mol. The highest BCUT2D eigenvalue weighted by Gasteiger charge is 2.20. The summed E-state index contributed by atoms with van der Waals surface area (Å²) in [6.45, 7) is 5.15. The van der Waals surface area contributed by atoms with E-state index in [0.29, 0.717) is 0 Å². The normalized spacial score (nSPS) is 13.1. The lowest BCUT2D eigenvalue weighted by molar-refractivity contribution is 0.0934. The summed E-state index contributed by atoms with van der Waals surface area (Å²) in [5.74, 6) is -1.39. The molecule has 4 nitrogen and oxygen atoms in total. The Labute approximate surface area is 122 Å². The zero-order chi connectivity index (χ0) is 15.5. The van der Waals surface area contributed by atoms with Gasteiger partial charge in [0.2, 0.25) is 0 Å². The van der Waals surface area contributed by atoms with E-state index < -0.39 is 20.8 Å². The summed E-state index contributed by atoms with van der Waals surface area (Å²) in [6, 6.07) is 1.94. The standard InChI is InChI=1S/C13H17ClFNO3S/c1-4-5-9(3)16-13(17)11-7-10(20(14,18)19)6-8(2)12(11)15/h6-7,9H,4-5H2,1-3H3,(H,16,17). The van der Waals surface area contributed by atoms with Crippen LogP contribution >= 0.6 is 10.7 Å². The molecular formula is C13H17ClFNO3S. The molecule has 0 saturated carbocycles. The van der Waals surface area contributed by atoms with Crippen LogP contribution in [0, 0.1) is 12.7 Å². The third-order valence-corrected chi connectivity index (χ3v) is 4.19.